The van der Waals surface area contributed by atoms with Crippen LogP contribution in [0.3, 0.4) is 0 Å². The van der Waals surface area contributed by atoms with Gasteiger partial charge in [-0.05, 0) is 12.8 Å². The first-order valence-corrected chi connectivity index (χ1v) is 6.41. The maximum absolute atomic E-state index is 10.3. The predicted molar refractivity (Wildman–Crippen MR) is 72.1 cm³/mol. The van der Waals surface area contributed by atoms with E-state index in [1.54, 1.807) is 33.5 Å². The Kier molecular flexibility index (Phi) is 4.50. The number of nitrogens with one attached hydrogen (secondary N) is 1. The van der Waals surface area contributed by atoms with Gasteiger partial charge < -0.3 is 24.6 Å². The topological polar surface area (TPSA) is 60.0 Å². The first kappa shape index (κ1) is 14.0. The monoisotopic (exact) mass is 267 g/mol. The van der Waals surface area contributed by atoms with Crippen LogP contribution in [0.4, 0.5) is 0 Å². The highest BCUT2D eigenvalue weighted by atomic mass is 16.5. The first-order chi connectivity index (χ1) is 9.19. The molecule has 5 heteroatoms. The van der Waals surface area contributed by atoms with Gasteiger partial charge in [0.15, 0.2) is 0 Å². The second-order valence-electron chi connectivity index (χ2n) is 4.64. The highest BCUT2D eigenvalue weighted by molar-refractivity contribution is 5.52. The van der Waals surface area contributed by atoms with Crippen LogP contribution in [0.25, 0.3) is 0 Å². The molecule has 2 N–H and O–H groups in total. The third kappa shape index (κ3) is 3.30. The molecule has 0 amide bonds. The molecule has 0 aromatic heterocycles. The van der Waals surface area contributed by atoms with E-state index in [9.17, 15) is 5.11 Å². The van der Waals surface area contributed by atoms with Crippen LogP contribution in [0.2, 0.25) is 0 Å². The lowest BCUT2D eigenvalue weighted by Gasteiger charge is -2.19. The third-order valence-corrected chi connectivity index (χ3v) is 3.26. The SMILES string of the molecule is COc1cc(OC)c(C(O)CNC2CC2)c(OC)c1. The summed E-state index contributed by atoms with van der Waals surface area (Å²) in [4.78, 5) is 0. The van der Waals surface area contributed by atoms with E-state index < -0.39 is 6.10 Å². The van der Waals surface area contributed by atoms with Crippen LogP contribution < -0.4 is 19.5 Å². The Balaban J connectivity index is 2.23. The number of benzene rings is 1. The summed E-state index contributed by atoms with van der Waals surface area (Å²) >= 11 is 0. The van der Waals surface area contributed by atoms with Gasteiger partial charge in [-0.3, -0.25) is 0 Å². The number of hydrogen-bond donors (Lipinski definition) is 2. The number of rotatable bonds is 7. The maximum Gasteiger partial charge on any atom is 0.132 e. The van der Waals surface area contributed by atoms with Crippen molar-refractivity contribution in [2.24, 2.45) is 0 Å². The minimum atomic E-state index is -0.670. The van der Waals surface area contributed by atoms with Gasteiger partial charge in [-0.25, -0.2) is 0 Å². The van der Waals surface area contributed by atoms with E-state index in [0.29, 0.717) is 35.4 Å². The van der Waals surface area contributed by atoms with Crippen molar-refractivity contribution >= 4 is 0 Å². The van der Waals surface area contributed by atoms with Crippen LogP contribution in [-0.4, -0.2) is 39.0 Å². The third-order valence-electron chi connectivity index (χ3n) is 3.26. The van der Waals surface area contributed by atoms with E-state index in [-0.39, 0.29) is 0 Å². The molecule has 0 spiro atoms. The summed E-state index contributed by atoms with van der Waals surface area (Å²) in [6, 6.07) is 4.04. The second kappa shape index (κ2) is 6.12. The van der Waals surface area contributed by atoms with Gasteiger partial charge in [-0.15, -0.1) is 0 Å². The maximum atomic E-state index is 10.3. The van der Waals surface area contributed by atoms with Crippen molar-refractivity contribution in [1.29, 1.82) is 0 Å². The van der Waals surface area contributed by atoms with E-state index >= 15 is 0 Å². The molecule has 1 saturated carbocycles. The van der Waals surface area contributed by atoms with Crippen LogP contribution in [0.5, 0.6) is 17.2 Å². The molecule has 1 aromatic carbocycles. The van der Waals surface area contributed by atoms with Crippen LogP contribution in [0.15, 0.2) is 12.1 Å². The predicted octanol–water partition coefficient (Wildman–Crippen LogP) is 1.50. The molecular weight excluding hydrogens is 246 g/mol. The first-order valence-electron chi connectivity index (χ1n) is 6.41. The number of aliphatic hydroxyl groups is 1. The molecule has 0 heterocycles. The number of ether oxygens (including phenoxy) is 3. The number of hydrogen-bond acceptors (Lipinski definition) is 5. The van der Waals surface area contributed by atoms with E-state index in [4.69, 9.17) is 14.2 Å². The summed E-state index contributed by atoms with van der Waals surface area (Å²) in [6.45, 7) is 0.490. The van der Waals surface area contributed by atoms with Crippen molar-refractivity contribution in [1.82, 2.24) is 5.32 Å². The van der Waals surface area contributed by atoms with Crippen molar-refractivity contribution in [3.63, 3.8) is 0 Å². The lowest BCUT2D eigenvalue weighted by molar-refractivity contribution is 0.165. The Bertz CT molecular complexity index is 406. The zero-order valence-electron chi connectivity index (χ0n) is 11.6. The molecule has 1 aromatic rings. The minimum Gasteiger partial charge on any atom is -0.496 e. The van der Waals surface area contributed by atoms with Crippen LogP contribution >= 0.6 is 0 Å². The zero-order chi connectivity index (χ0) is 13.8. The molecule has 1 fully saturated rings. The minimum absolute atomic E-state index is 0.490. The van der Waals surface area contributed by atoms with Crippen LogP contribution in [0, 0.1) is 0 Å². The fraction of sp³-hybridized carbons (Fsp3) is 0.571. The second-order valence-corrected chi connectivity index (χ2v) is 4.64. The van der Waals surface area contributed by atoms with Crippen molar-refractivity contribution in [3.05, 3.63) is 17.7 Å². The van der Waals surface area contributed by atoms with Crippen molar-refractivity contribution in [2.75, 3.05) is 27.9 Å². The molecule has 2 rings (SSSR count). The Morgan fingerprint density at radius 1 is 1.16 bits per heavy atom. The number of aliphatic hydroxyl groups excluding tert-OH is 1. The fourth-order valence-corrected chi connectivity index (χ4v) is 2.03. The van der Waals surface area contributed by atoms with Gasteiger partial charge in [0.05, 0.1) is 33.0 Å². The van der Waals surface area contributed by atoms with E-state index in [2.05, 4.69) is 5.32 Å². The molecule has 106 valence electrons. The van der Waals surface area contributed by atoms with Gasteiger partial charge in [-0.2, -0.15) is 0 Å². The smallest absolute Gasteiger partial charge is 0.132 e. The zero-order valence-corrected chi connectivity index (χ0v) is 11.6. The summed E-state index contributed by atoms with van der Waals surface area (Å²) in [6.07, 6.45) is 1.70. The van der Waals surface area contributed by atoms with E-state index in [1.807, 2.05) is 0 Å². The molecule has 0 saturated heterocycles. The Hall–Kier alpha value is -1.46. The van der Waals surface area contributed by atoms with E-state index in [1.165, 1.54) is 12.8 Å². The molecule has 19 heavy (non-hydrogen) atoms. The molecule has 0 aliphatic heterocycles. The van der Waals surface area contributed by atoms with Crippen LogP contribution in [0.1, 0.15) is 24.5 Å². The van der Waals surface area contributed by atoms with Crippen molar-refractivity contribution in [3.8, 4) is 17.2 Å². The lowest BCUT2D eigenvalue weighted by atomic mass is 10.1. The van der Waals surface area contributed by atoms with E-state index in [0.717, 1.165) is 0 Å². The average Bonchev–Trinajstić information content (AvgIpc) is 3.27. The van der Waals surface area contributed by atoms with Crippen molar-refractivity contribution in [2.45, 2.75) is 25.0 Å². The van der Waals surface area contributed by atoms with Gasteiger partial charge in [0.2, 0.25) is 0 Å². The van der Waals surface area contributed by atoms with Gasteiger partial charge in [0.1, 0.15) is 17.2 Å². The van der Waals surface area contributed by atoms with Crippen molar-refractivity contribution < 1.29 is 19.3 Å². The molecule has 1 atom stereocenters. The molecule has 1 unspecified atom stereocenters. The average molecular weight is 267 g/mol. The number of methoxy groups -OCH3 is 3. The van der Waals surface area contributed by atoms with Gasteiger partial charge in [-0.1, -0.05) is 0 Å². The molecule has 0 bridgehead atoms. The lowest BCUT2D eigenvalue weighted by Crippen LogP contribution is -2.24. The normalized spacial score (nSPS) is 16.0. The Labute approximate surface area is 113 Å². The highest BCUT2D eigenvalue weighted by Crippen LogP contribution is 2.38. The van der Waals surface area contributed by atoms with Crippen LogP contribution in [-0.2, 0) is 0 Å². The summed E-state index contributed by atoms with van der Waals surface area (Å²) < 4.78 is 15.8. The Morgan fingerprint density at radius 2 is 1.74 bits per heavy atom. The largest absolute Gasteiger partial charge is 0.496 e. The molecule has 5 nitrogen and oxygen atoms in total. The van der Waals surface area contributed by atoms with Gasteiger partial charge >= 0.3 is 0 Å². The molecular formula is C14H21NO4. The van der Waals surface area contributed by atoms with Gasteiger partial charge in [0.25, 0.3) is 0 Å². The van der Waals surface area contributed by atoms with Gasteiger partial charge in [0, 0.05) is 24.7 Å². The Morgan fingerprint density at radius 3 is 2.16 bits per heavy atom. The summed E-state index contributed by atoms with van der Waals surface area (Å²) in [5.74, 6) is 1.78. The highest BCUT2D eigenvalue weighted by Gasteiger charge is 2.25. The quantitative estimate of drug-likeness (QED) is 0.784. The molecule has 1 aliphatic carbocycles. The standard InChI is InChI=1S/C14H21NO4/c1-17-10-6-12(18-2)14(13(7-10)19-3)11(16)8-15-9-4-5-9/h6-7,9,11,15-16H,4-5,8H2,1-3H3. The summed E-state index contributed by atoms with van der Waals surface area (Å²) in [7, 11) is 4.72. The summed E-state index contributed by atoms with van der Waals surface area (Å²) in [5.41, 5.74) is 0.652. The molecule has 1 aliphatic rings. The summed E-state index contributed by atoms with van der Waals surface area (Å²) in [5, 5.41) is 13.6. The molecule has 0 radical (unpaired) electrons. The fourth-order valence-electron chi connectivity index (χ4n) is 2.03.